The summed E-state index contributed by atoms with van der Waals surface area (Å²) in [4.78, 5) is 99.6. The van der Waals surface area contributed by atoms with Crippen LogP contribution < -0.4 is 33.0 Å². The number of fused-ring (bicyclic) bond motifs is 5. The highest BCUT2D eigenvalue weighted by molar-refractivity contribution is 5.94. The summed E-state index contributed by atoms with van der Waals surface area (Å²) in [5.41, 5.74) is 12.7. The topological polar surface area (TPSA) is 284 Å². The van der Waals surface area contributed by atoms with E-state index in [1.54, 1.807) is 29.7 Å². The molecule has 0 fully saturated rings. The Morgan fingerprint density at radius 2 is 1.36 bits per heavy atom. The van der Waals surface area contributed by atoms with Crippen molar-refractivity contribution in [2.24, 2.45) is 11.5 Å². The number of carbonyl (C=O) groups is 6. The van der Waals surface area contributed by atoms with Crippen LogP contribution in [0.4, 0.5) is 0 Å². The molecule has 0 bridgehead atoms. The lowest BCUT2D eigenvalue weighted by Gasteiger charge is -2.35. The molecule has 1 unspecified atom stereocenters. The fourth-order valence-corrected chi connectivity index (χ4v) is 9.60. The Morgan fingerprint density at radius 1 is 0.771 bits per heavy atom. The number of nitrogens with two attached hydrogens (primary N) is 2. The molecular weight excluding hydrogens is 899 g/mol. The molecule has 384 valence electrons. The quantitative estimate of drug-likeness (QED) is 0.0232. The molecule has 0 aliphatic carbocycles. The van der Waals surface area contributed by atoms with Crippen LogP contribution in [0.1, 0.15) is 171 Å². The van der Waals surface area contributed by atoms with Crippen LogP contribution >= 0.6 is 0 Å². The average Bonchev–Trinajstić information content (AvgIpc) is 3.71. The SMILES string of the molecule is CCCCCCCCCCCCC(NC(=O)[C@H](CCCCN)NC(=O)[C@H](CCCCN)NC(=O)CCC(=O)O[C@]1(CC)C(=O)OCc2c1cc1n(c2=O)Cc2c-1nc1ccc(O)cc1c2CC)C(=O)O. The molecule has 0 radical (unpaired) electrons. The molecule has 4 heterocycles. The number of phenols is 1. The predicted octanol–water partition coefficient (Wildman–Crippen LogP) is 5.79. The van der Waals surface area contributed by atoms with E-state index in [0.29, 0.717) is 68.5 Å². The predicted molar refractivity (Wildman–Crippen MR) is 264 cm³/mol. The monoisotopic (exact) mass is 974 g/mol. The summed E-state index contributed by atoms with van der Waals surface area (Å²) in [5.74, 6) is -4.87. The second kappa shape index (κ2) is 26.9. The first-order chi connectivity index (χ1) is 33.7. The number of carbonyl (C=O) groups excluding carboxylic acids is 5. The zero-order valence-corrected chi connectivity index (χ0v) is 41.3. The van der Waals surface area contributed by atoms with E-state index in [1.807, 2.05) is 6.92 Å². The minimum atomic E-state index is -2.01. The highest BCUT2D eigenvalue weighted by Crippen LogP contribution is 2.42. The zero-order valence-electron chi connectivity index (χ0n) is 41.3. The van der Waals surface area contributed by atoms with Crippen molar-refractivity contribution in [2.75, 3.05) is 13.1 Å². The molecule has 18 heteroatoms. The number of amides is 3. The van der Waals surface area contributed by atoms with Crippen LogP contribution in [0.25, 0.3) is 22.3 Å². The van der Waals surface area contributed by atoms with Crippen LogP contribution in [0.5, 0.6) is 5.75 Å². The Bertz CT molecular complexity index is 2390. The van der Waals surface area contributed by atoms with E-state index in [4.69, 9.17) is 25.9 Å². The number of aromatic hydroxyl groups is 1. The Balaban J connectivity index is 1.24. The van der Waals surface area contributed by atoms with Crippen molar-refractivity contribution in [3.05, 3.63) is 56.9 Å². The van der Waals surface area contributed by atoms with E-state index in [1.165, 1.54) is 38.2 Å². The van der Waals surface area contributed by atoms with Crippen molar-refractivity contribution in [2.45, 2.75) is 192 Å². The van der Waals surface area contributed by atoms with Gasteiger partial charge in [-0.3, -0.25) is 24.0 Å². The summed E-state index contributed by atoms with van der Waals surface area (Å²) in [5, 5.41) is 29.0. The third kappa shape index (κ3) is 13.9. The Morgan fingerprint density at radius 3 is 1.96 bits per heavy atom. The molecule has 2 aliphatic rings. The number of benzene rings is 1. The lowest BCUT2D eigenvalue weighted by Crippen LogP contribution is -2.55. The van der Waals surface area contributed by atoms with Gasteiger partial charge in [0.15, 0.2) is 0 Å². The first-order valence-electron chi connectivity index (χ1n) is 25.6. The van der Waals surface area contributed by atoms with Gasteiger partial charge in [-0.2, -0.15) is 0 Å². The van der Waals surface area contributed by atoms with E-state index in [9.17, 15) is 43.8 Å². The maximum absolute atomic E-state index is 14.2. The van der Waals surface area contributed by atoms with Crippen molar-refractivity contribution < 1.29 is 48.5 Å². The Kier molecular flexibility index (Phi) is 21.2. The van der Waals surface area contributed by atoms with Crippen LogP contribution in [0.2, 0.25) is 0 Å². The van der Waals surface area contributed by atoms with Crippen LogP contribution in [0, 0.1) is 0 Å². The van der Waals surface area contributed by atoms with E-state index in [0.717, 1.165) is 42.2 Å². The van der Waals surface area contributed by atoms with Gasteiger partial charge in [0.05, 0.1) is 35.4 Å². The van der Waals surface area contributed by atoms with Crippen LogP contribution in [0.15, 0.2) is 29.1 Å². The minimum Gasteiger partial charge on any atom is -0.508 e. The molecule has 5 rings (SSSR count). The molecule has 4 atom stereocenters. The smallest absolute Gasteiger partial charge is 0.355 e. The van der Waals surface area contributed by atoms with Gasteiger partial charge in [-0.15, -0.1) is 0 Å². The number of aromatic nitrogens is 2. The number of pyridine rings is 2. The molecule has 2 aromatic heterocycles. The number of rotatable bonds is 31. The number of hydrogen-bond donors (Lipinski definition) is 7. The molecule has 2 aliphatic heterocycles. The number of esters is 2. The van der Waals surface area contributed by atoms with Crippen molar-refractivity contribution in [1.29, 1.82) is 0 Å². The lowest BCUT2D eigenvalue weighted by molar-refractivity contribution is -0.189. The number of aliphatic carboxylic acids is 1. The fraction of sp³-hybridized carbons (Fsp3) is 0.615. The molecule has 0 saturated heterocycles. The number of phenolic OH excluding ortho intramolecular Hbond substituents is 1. The minimum absolute atomic E-state index is 0.0881. The molecule has 18 nitrogen and oxygen atoms in total. The Hall–Kier alpha value is -5.88. The van der Waals surface area contributed by atoms with Crippen LogP contribution in [0.3, 0.4) is 0 Å². The number of nitrogens with zero attached hydrogens (tertiary/aromatic N) is 2. The Labute approximate surface area is 410 Å². The normalized spacial score (nSPS) is 16.0. The van der Waals surface area contributed by atoms with Crippen molar-refractivity contribution in [1.82, 2.24) is 25.5 Å². The van der Waals surface area contributed by atoms with E-state index in [-0.39, 0.29) is 55.7 Å². The number of aryl methyl sites for hydroxylation is 1. The average molecular weight is 974 g/mol. The lowest BCUT2D eigenvalue weighted by atomic mass is 9.85. The van der Waals surface area contributed by atoms with Gasteiger partial charge in [0.1, 0.15) is 30.5 Å². The van der Waals surface area contributed by atoms with Gasteiger partial charge < -0.3 is 51.7 Å². The molecule has 3 aromatic rings. The molecule has 0 saturated carbocycles. The first kappa shape index (κ1) is 55.1. The van der Waals surface area contributed by atoms with Gasteiger partial charge in [-0.1, -0.05) is 85.0 Å². The number of carboxylic acids is 1. The van der Waals surface area contributed by atoms with E-state index >= 15 is 0 Å². The van der Waals surface area contributed by atoms with Crippen LogP contribution in [-0.4, -0.2) is 86.6 Å². The molecular formula is C52H75N7O11. The van der Waals surface area contributed by atoms with Crippen LogP contribution in [-0.2, 0) is 63.4 Å². The summed E-state index contributed by atoms with van der Waals surface area (Å²) in [7, 11) is 0. The maximum Gasteiger partial charge on any atom is 0.355 e. The highest BCUT2D eigenvalue weighted by atomic mass is 16.6. The van der Waals surface area contributed by atoms with Gasteiger partial charge in [0.25, 0.3) is 5.56 Å². The number of nitrogens with one attached hydrogen (secondary N) is 3. The van der Waals surface area contributed by atoms with Crippen molar-refractivity contribution in [3.8, 4) is 17.1 Å². The summed E-state index contributed by atoms with van der Waals surface area (Å²) in [6.45, 7) is 6.34. The summed E-state index contributed by atoms with van der Waals surface area (Å²) in [6.07, 6.45) is 13.0. The van der Waals surface area contributed by atoms with Crippen molar-refractivity contribution in [3.63, 3.8) is 0 Å². The van der Waals surface area contributed by atoms with Gasteiger partial charge >= 0.3 is 17.9 Å². The summed E-state index contributed by atoms with van der Waals surface area (Å²) in [6, 6.07) is 3.14. The highest BCUT2D eigenvalue weighted by Gasteiger charge is 2.50. The summed E-state index contributed by atoms with van der Waals surface area (Å²) >= 11 is 0. The third-order valence-corrected chi connectivity index (χ3v) is 13.6. The number of carboxylic acid groups (broad SMARTS) is 1. The number of unbranched alkanes of at least 4 members (excludes halogenated alkanes) is 11. The van der Waals surface area contributed by atoms with E-state index in [2.05, 4.69) is 22.9 Å². The van der Waals surface area contributed by atoms with Gasteiger partial charge in [-0.05, 0) is 101 Å². The maximum atomic E-state index is 14.2. The van der Waals surface area contributed by atoms with E-state index < -0.39 is 77.8 Å². The first-order valence-corrected chi connectivity index (χ1v) is 25.6. The van der Waals surface area contributed by atoms with Gasteiger partial charge in [0.2, 0.25) is 23.3 Å². The number of ether oxygens (including phenoxy) is 2. The molecule has 70 heavy (non-hydrogen) atoms. The second-order valence-corrected chi connectivity index (χ2v) is 18.6. The zero-order chi connectivity index (χ0) is 50.8. The molecule has 1 aromatic carbocycles. The third-order valence-electron chi connectivity index (χ3n) is 13.6. The number of hydrogen-bond acceptors (Lipinski definition) is 13. The summed E-state index contributed by atoms with van der Waals surface area (Å²) < 4.78 is 13.0. The largest absolute Gasteiger partial charge is 0.508 e. The standard InChI is InChI=1S/C52H75N7O11/c1-4-7-8-9-10-11-12-13-14-15-22-42(50(66)67)58-48(64)41(21-17-19-28-54)57-47(63)40(20-16-18-27-53)55-44(61)25-26-45(62)70-52(6-3)38-30-43-46-36(31-59(43)49(65)37(38)32-69-51(52)68)34(5-2)35-29-33(60)23-24-39(35)56-46/h23-24,29-30,40-42,60H,4-22,25-28,31-32,53-54H2,1-3H3,(H,55,61)(H,57,63)(H,58,64)(H,66,67)/t40-,41-,42?,52-/m0/s1. The molecule has 0 spiro atoms. The molecule has 9 N–H and O–H groups in total. The molecule has 3 amide bonds. The number of cyclic esters (lactones) is 1. The van der Waals surface area contributed by atoms with Gasteiger partial charge in [-0.25, -0.2) is 14.6 Å². The second-order valence-electron chi connectivity index (χ2n) is 18.6. The van der Waals surface area contributed by atoms with Crippen molar-refractivity contribution >= 4 is 46.5 Å². The fourth-order valence-electron chi connectivity index (χ4n) is 9.60. The van der Waals surface area contributed by atoms with Gasteiger partial charge in [0, 0.05) is 22.9 Å².